The summed E-state index contributed by atoms with van der Waals surface area (Å²) in [4.78, 5) is 13.3. The van der Waals surface area contributed by atoms with Crippen molar-refractivity contribution in [1.82, 2.24) is 5.32 Å². The van der Waals surface area contributed by atoms with Crippen molar-refractivity contribution in [3.05, 3.63) is 21.9 Å². The molecule has 1 N–H and O–H groups in total. The van der Waals surface area contributed by atoms with Crippen LogP contribution in [0.2, 0.25) is 0 Å². The SMILES string of the molecule is CC(C)c1cc(C(=O)N[C@H](C)[C@H]2CCCO2)cs1. The van der Waals surface area contributed by atoms with Crippen molar-refractivity contribution < 1.29 is 9.53 Å². The van der Waals surface area contributed by atoms with E-state index in [2.05, 4.69) is 19.2 Å². The third kappa shape index (κ3) is 3.12. The van der Waals surface area contributed by atoms with E-state index >= 15 is 0 Å². The number of thiophene rings is 1. The molecule has 100 valence electrons. The molecule has 0 spiro atoms. The van der Waals surface area contributed by atoms with Gasteiger partial charge in [0.2, 0.25) is 0 Å². The summed E-state index contributed by atoms with van der Waals surface area (Å²) < 4.78 is 5.58. The Morgan fingerprint density at radius 1 is 1.50 bits per heavy atom. The predicted octanol–water partition coefficient (Wildman–Crippen LogP) is 3.17. The Balaban J connectivity index is 1.93. The average Bonchev–Trinajstić information content (AvgIpc) is 3.00. The zero-order chi connectivity index (χ0) is 13.1. The lowest BCUT2D eigenvalue weighted by molar-refractivity contribution is 0.0712. The fourth-order valence-electron chi connectivity index (χ4n) is 2.15. The lowest BCUT2D eigenvalue weighted by atomic mass is 10.1. The molecule has 4 heteroatoms. The van der Waals surface area contributed by atoms with Gasteiger partial charge in [-0.3, -0.25) is 4.79 Å². The Labute approximate surface area is 113 Å². The van der Waals surface area contributed by atoms with E-state index < -0.39 is 0 Å². The highest BCUT2D eigenvalue weighted by Crippen LogP contribution is 2.23. The Morgan fingerprint density at radius 3 is 2.83 bits per heavy atom. The molecule has 0 saturated carbocycles. The zero-order valence-corrected chi connectivity index (χ0v) is 12.0. The highest BCUT2D eigenvalue weighted by molar-refractivity contribution is 7.10. The van der Waals surface area contributed by atoms with Crippen molar-refractivity contribution in [2.75, 3.05) is 6.61 Å². The fraction of sp³-hybridized carbons (Fsp3) is 0.643. The van der Waals surface area contributed by atoms with Gasteiger partial charge in [0.05, 0.1) is 17.7 Å². The van der Waals surface area contributed by atoms with Crippen molar-refractivity contribution in [1.29, 1.82) is 0 Å². The van der Waals surface area contributed by atoms with Crippen LogP contribution in [0.15, 0.2) is 11.4 Å². The van der Waals surface area contributed by atoms with E-state index in [4.69, 9.17) is 4.74 Å². The van der Waals surface area contributed by atoms with Crippen LogP contribution >= 0.6 is 11.3 Å². The molecule has 1 fully saturated rings. The van der Waals surface area contributed by atoms with Crippen LogP contribution in [0, 0.1) is 0 Å². The van der Waals surface area contributed by atoms with Gasteiger partial charge in [-0.15, -0.1) is 11.3 Å². The number of nitrogens with one attached hydrogen (secondary N) is 1. The largest absolute Gasteiger partial charge is 0.376 e. The molecule has 2 atom stereocenters. The summed E-state index contributed by atoms with van der Waals surface area (Å²) >= 11 is 1.65. The molecule has 0 aromatic carbocycles. The standard InChI is InChI=1S/C14H21NO2S/c1-9(2)13-7-11(8-18-13)14(16)15-10(3)12-5-4-6-17-12/h7-10,12H,4-6H2,1-3H3,(H,15,16)/t10-,12-/m1/s1. The minimum Gasteiger partial charge on any atom is -0.376 e. The zero-order valence-electron chi connectivity index (χ0n) is 11.2. The number of rotatable bonds is 4. The molecule has 2 rings (SSSR count). The Hall–Kier alpha value is -0.870. The van der Waals surface area contributed by atoms with Crippen LogP contribution in [0.4, 0.5) is 0 Å². The molecular formula is C14H21NO2S. The van der Waals surface area contributed by atoms with Crippen molar-refractivity contribution in [2.45, 2.75) is 51.7 Å². The van der Waals surface area contributed by atoms with Gasteiger partial charge in [0.15, 0.2) is 0 Å². The summed E-state index contributed by atoms with van der Waals surface area (Å²) in [6.45, 7) is 7.12. The minimum atomic E-state index is 0.0150. The van der Waals surface area contributed by atoms with Gasteiger partial charge in [-0.1, -0.05) is 13.8 Å². The minimum absolute atomic E-state index is 0.0150. The lowest BCUT2D eigenvalue weighted by Crippen LogP contribution is -2.40. The molecule has 0 bridgehead atoms. The predicted molar refractivity (Wildman–Crippen MR) is 74.3 cm³/mol. The van der Waals surface area contributed by atoms with E-state index in [1.807, 2.05) is 18.4 Å². The molecule has 1 aromatic rings. The summed E-state index contributed by atoms with van der Waals surface area (Å²) in [6, 6.07) is 2.08. The number of ether oxygens (including phenoxy) is 1. The first-order valence-corrected chi connectivity index (χ1v) is 7.46. The molecule has 18 heavy (non-hydrogen) atoms. The molecule has 1 aliphatic rings. The first-order chi connectivity index (χ1) is 8.58. The highest BCUT2D eigenvalue weighted by atomic mass is 32.1. The maximum absolute atomic E-state index is 12.1. The van der Waals surface area contributed by atoms with E-state index in [-0.39, 0.29) is 18.1 Å². The van der Waals surface area contributed by atoms with Gasteiger partial charge in [-0.05, 0) is 31.7 Å². The molecule has 3 nitrogen and oxygen atoms in total. The molecule has 2 heterocycles. The number of hydrogen-bond acceptors (Lipinski definition) is 3. The van der Waals surface area contributed by atoms with Gasteiger partial charge >= 0.3 is 0 Å². The Kier molecular flexibility index (Phi) is 4.40. The van der Waals surface area contributed by atoms with Crippen molar-refractivity contribution in [2.24, 2.45) is 0 Å². The maximum atomic E-state index is 12.1. The van der Waals surface area contributed by atoms with Crippen LogP contribution in [0.25, 0.3) is 0 Å². The van der Waals surface area contributed by atoms with Gasteiger partial charge in [-0.2, -0.15) is 0 Å². The van der Waals surface area contributed by atoms with Crippen LogP contribution in [-0.4, -0.2) is 24.7 Å². The number of carbonyl (C=O) groups is 1. The quantitative estimate of drug-likeness (QED) is 0.910. The molecule has 0 unspecified atom stereocenters. The van der Waals surface area contributed by atoms with E-state index in [0.29, 0.717) is 5.92 Å². The summed E-state index contributed by atoms with van der Waals surface area (Å²) in [6.07, 6.45) is 2.32. The van der Waals surface area contributed by atoms with Crippen LogP contribution in [0.1, 0.15) is 54.8 Å². The first-order valence-electron chi connectivity index (χ1n) is 6.59. The van der Waals surface area contributed by atoms with Gasteiger partial charge < -0.3 is 10.1 Å². The van der Waals surface area contributed by atoms with E-state index in [9.17, 15) is 4.79 Å². The van der Waals surface area contributed by atoms with Gasteiger partial charge in [0, 0.05) is 16.9 Å². The molecule has 1 aromatic heterocycles. The van der Waals surface area contributed by atoms with E-state index in [1.54, 1.807) is 11.3 Å². The third-order valence-electron chi connectivity index (χ3n) is 3.33. The smallest absolute Gasteiger partial charge is 0.252 e. The second kappa shape index (κ2) is 5.85. The molecule has 0 radical (unpaired) electrons. The second-order valence-electron chi connectivity index (χ2n) is 5.21. The summed E-state index contributed by atoms with van der Waals surface area (Å²) in [5.41, 5.74) is 0.772. The van der Waals surface area contributed by atoms with Gasteiger partial charge in [0.1, 0.15) is 0 Å². The fourth-order valence-corrected chi connectivity index (χ4v) is 3.06. The van der Waals surface area contributed by atoms with Crippen LogP contribution < -0.4 is 5.32 Å². The summed E-state index contributed by atoms with van der Waals surface area (Å²) in [5, 5.41) is 4.97. The highest BCUT2D eigenvalue weighted by Gasteiger charge is 2.24. The number of carbonyl (C=O) groups excluding carboxylic acids is 1. The second-order valence-corrected chi connectivity index (χ2v) is 6.15. The number of hydrogen-bond donors (Lipinski definition) is 1. The molecule has 1 saturated heterocycles. The number of amides is 1. The van der Waals surface area contributed by atoms with Crippen molar-refractivity contribution in [3.8, 4) is 0 Å². The monoisotopic (exact) mass is 267 g/mol. The molecule has 1 amide bonds. The molecule has 1 aliphatic heterocycles. The van der Waals surface area contributed by atoms with Gasteiger partial charge in [-0.25, -0.2) is 0 Å². The first kappa shape index (κ1) is 13.6. The van der Waals surface area contributed by atoms with E-state index in [1.165, 1.54) is 4.88 Å². The normalized spacial score (nSPS) is 21.2. The topological polar surface area (TPSA) is 38.3 Å². The summed E-state index contributed by atoms with van der Waals surface area (Å²) in [7, 11) is 0. The molecule has 0 aliphatic carbocycles. The van der Waals surface area contributed by atoms with Crippen molar-refractivity contribution in [3.63, 3.8) is 0 Å². The average molecular weight is 267 g/mol. The van der Waals surface area contributed by atoms with Crippen molar-refractivity contribution >= 4 is 17.2 Å². The van der Waals surface area contributed by atoms with E-state index in [0.717, 1.165) is 25.0 Å². The van der Waals surface area contributed by atoms with Crippen LogP contribution in [0.3, 0.4) is 0 Å². The maximum Gasteiger partial charge on any atom is 0.252 e. The third-order valence-corrected chi connectivity index (χ3v) is 4.57. The molecular weight excluding hydrogens is 246 g/mol. The Bertz CT molecular complexity index is 408. The summed E-state index contributed by atoms with van der Waals surface area (Å²) in [5.74, 6) is 0.494. The van der Waals surface area contributed by atoms with Crippen LogP contribution in [0.5, 0.6) is 0 Å². The lowest BCUT2D eigenvalue weighted by Gasteiger charge is -2.19. The van der Waals surface area contributed by atoms with Gasteiger partial charge in [0.25, 0.3) is 5.91 Å². The Morgan fingerprint density at radius 2 is 2.28 bits per heavy atom. The van der Waals surface area contributed by atoms with Crippen LogP contribution in [-0.2, 0) is 4.74 Å².